The van der Waals surface area contributed by atoms with Gasteiger partial charge in [0.2, 0.25) is 0 Å². The Morgan fingerprint density at radius 1 is 1.24 bits per heavy atom. The van der Waals surface area contributed by atoms with Crippen LogP contribution in [-0.4, -0.2) is 15.6 Å². The Labute approximate surface area is 122 Å². The van der Waals surface area contributed by atoms with Gasteiger partial charge in [-0.2, -0.15) is 10.4 Å². The number of Topliss-reactive ketones (excluding diaryl/α,β-unsaturated/α-hetero) is 1. The normalized spacial score (nSPS) is 10.5. The van der Waals surface area contributed by atoms with E-state index in [4.69, 9.17) is 5.26 Å². The van der Waals surface area contributed by atoms with Crippen molar-refractivity contribution in [1.82, 2.24) is 9.78 Å². The first-order chi connectivity index (χ1) is 10.2. The minimum atomic E-state index is 0.0525. The summed E-state index contributed by atoms with van der Waals surface area (Å²) in [6.07, 6.45) is 1.77. The number of benzene rings is 2. The van der Waals surface area contributed by atoms with E-state index in [1.807, 2.05) is 35.0 Å². The van der Waals surface area contributed by atoms with E-state index in [1.54, 1.807) is 25.3 Å². The van der Waals surface area contributed by atoms with Gasteiger partial charge in [-0.15, -0.1) is 0 Å². The van der Waals surface area contributed by atoms with Crippen LogP contribution in [0, 0.1) is 11.3 Å². The molecular formula is C17H13N3O. The van der Waals surface area contributed by atoms with E-state index >= 15 is 0 Å². The van der Waals surface area contributed by atoms with Gasteiger partial charge in [-0.05, 0) is 42.8 Å². The molecule has 4 heteroatoms. The van der Waals surface area contributed by atoms with Crippen LogP contribution in [0.3, 0.4) is 0 Å². The standard InChI is InChI=1S/C17H13N3O/c1-12(21)15-6-7-17-16(8-15)10-19-20(17)11-14-4-2-13(9-18)3-5-14/h2-8,10H,11H2,1H3. The zero-order valence-corrected chi connectivity index (χ0v) is 11.6. The average Bonchev–Trinajstić information content (AvgIpc) is 2.90. The summed E-state index contributed by atoms with van der Waals surface area (Å²) in [5, 5.41) is 14.1. The van der Waals surface area contributed by atoms with E-state index in [-0.39, 0.29) is 5.78 Å². The van der Waals surface area contributed by atoms with Crippen molar-refractivity contribution in [2.45, 2.75) is 13.5 Å². The molecule has 4 nitrogen and oxygen atoms in total. The molecule has 1 heterocycles. The number of hydrogen-bond acceptors (Lipinski definition) is 3. The summed E-state index contributed by atoms with van der Waals surface area (Å²) >= 11 is 0. The number of ketones is 1. The van der Waals surface area contributed by atoms with Gasteiger partial charge in [-0.3, -0.25) is 9.48 Å². The monoisotopic (exact) mass is 275 g/mol. The molecule has 0 aliphatic carbocycles. The summed E-state index contributed by atoms with van der Waals surface area (Å²) in [6, 6.07) is 15.2. The molecule has 3 aromatic rings. The summed E-state index contributed by atoms with van der Waals surface area (Å²) in [5.74, 6) is 0.0525. The second-order valence-corrected chi connectivity index (χ2v) is 4.94. The average molecular weight is 275 g/mol. The van der Waals surface area contributed by atoms with Crippen LogP contribution in [0.2, 0.25) is 0 Å². The second-order valence-electron chi connectivity index (χ2n) is 4.94. The SMILES string of the molecule is CC(=O)c1ccc2c(cnn2Cc2ccc(C#N)cc2)c1. The first-order valence-electron chi connectivity index (χ1n) is 6.63. The minimum absolute atomic E-state index is 0.0525. The van der Waals surface area contributed by atoms with Gasteiger partial charge in [0.15, 0.2) is 5.78 Å². The molecular weight excluding hydrogens is 262 g/mol. The Balaban J connectivity index is 1.93. The number of rotatable bonds is 3. The van der Waals surface area contributed by atoms with Crippen molar-refractivity contribution in [3.05, 3.63) is 65.4 Å². The van der Waals surface area contributed by atoms with Crippen molar-refractivity contribution >= 4 is 16.7 Å². The third-order valence-corrected chi connectivity index (χ3v) is 3.46. The fourth-order valence-corrected chi connectivity index (χ4v) is 2.29. The molecule has 0 radical (unpaired) electrons. The highest BCUT2D eigenvalue weighted by molar-refractivity contribution is 5.97. The molecule has 102 valence electrons. The number of nitrogens with zero attached hydrogens (tertiary/aromatic N) is 3. The molecule has 0 unspecified atom stereocenters. The van der Waals surface area contributed by atoms with Crippen LogP contribution >= 0.6 is 0 Å². The maximum atomic E-state index is 11.4. The first kappa shape index (κ1) is 13.1. The Kier molecular flexibility index (Phi) is 3.25. The molecule has 0 spiro atoms. The van der Waals surface area contributed by atoms with Crippen molar-refractivity contribution in [2.75, 3.05) is 0 Å². The van der Waals surface area contributed by atoms with Gasteiger partial charge >= 0.3 is 0 Å². The third kappa shape index (κ3) is 2.54. The molecule has 0 aliphatic rings. The van der Waals surface area contributed by atoms with E-state index in [2.05, 4.69) is 11.2 Å². The molecule has 0 saturated heterocycles. The van der Waals surface area contributed by atoms with Crippen LogP contribution in [0.4, 0.5) is 0 Å². The van der Waals surface area contributed by atoms with E-state index < -0.39 is 0 Å². The van der Waals surface area contributed by atoms with Crippen LogP contribution in [-0.2, 0) is 6.54 Å². The molecule has 0 aliphatic heterocycles. The van der Waals surface area contributed by atoms with Crippen LogP contribution in [0.15, 0.2) is 48.7 Å². The van der Waals surface area contributed by atoms with Gasteiger partial charge in [0.05, 0.1) is 29.9 Å². The lowest BCUT2D eigenvalue weighted by Gasteiger charge is -2.04. The van der Waals surface area contributed by atoms with Gasteiger partial charge in [-0.25, -0.2) is 0 Å². The summed E-state index contributed by atoms with van der Waals surface area (Å²) in [5.41, 5.74) is 3.41. The smallest absolute Gasteiger partial charge is 0.159 e. The van der Waals surface area contributed by atoms with Gasteiger partial charge in [-0.1, -0.05) is 12.1 Å². The quantitative estimate of drug-likeness (QED) is 0.690. The van der Waals surface area contributed by atoms with Crippen LogP contribution < -0.4 is 0 Å². The van der Waals surface area contributed by atoms with Crippen molar-refractivity contribution in [2.24, 2.45) is 0 Å². The topological polar surface area (TPSA) is 58.7 Å². The number of aromatic nitrogens is 2. The molecule has 0 atom stereocenters. The Morgan fingerprint density at radius 3 is 2.67 bits per heavy atom. The zero-order valence-electron chi connectivity index (χ0n) is 11.6. The fourth-order valence-electron chi connectivity index (χ4n) is 2.29. The molecule has 0 bridgehead atoms. The Bertz CT molecular complexity index is 854. The minimum Gasteiger partial charge on any atom is -0.295 e. The summed E-state index contributed by atoms with van der Waals surface area (Å²) in [7, 11) is 0. The third-order valence-electron chi connectivity index (χ3n) is 3.46. The first-order valence-corrected chi connectivity index (χ1v) is 6.63. The van der Waals surface area contributed by atoms with Crippen molar-refractivity contribution in [3.8, 4) is 6.07 Å². The van der Waals surface area contributed by atoms with Crippen molar-refractivity contribution in [1.29, 1.82) is 5.26 Å². The van der Waals surface area contributed by atoms with Gasteiger partial charge in [0, 0.05) is 10.9 Å². The molecule has 0 amide bonds. The Hall–Kier alpha value is -2.93. The number of hydrogen-bond donors (Lipinski definition) is 0. The maximum absolute atomic E-state index is 11.4. The molecule has 1 aromatic heterocycles. The van der Waals surface area contributed by atoms with Gasteiger partial charge in [0.25, 0.3) is 0 Å². The number of nitriles is 1. The van der Waals surface area contributed by atoms with Crippen molar-refractivity contribution in [3.63, 3.8) is 0 Å². The van der Waals surface area contributed by atoms with Gasteiger partial charge < -0.3 is 0 Å². The number of carbonyl (C=O) groups is 1. The number of fused-ring (bicyclic) bond motifs is 1. The lowest BCUT2D eigenvalue weighted by molar-refractivity contribution is 0.101. The maximum Gasteiger partial charge on any atom is 0.159 e. The highest BCUT2D eigenvalue weighted by Crippen LogP contribution is 2.17. The van der Waals surface area contributed by atoms with Crippen LogP contribution in [0.25, 0.3) is 10.9 Å². The molecule has 2 aromatic carbocycles. The van der Waals surface area contributed by atoms with E-state index in [9.17, 15) is 4.79 Å². The summed E-state index contributed by atoms with van der Waals surface area (Å²) in [6.45, 7) is 2.19. The number of carbonyl (C=O) groups excluding carboxylic acids is 1. The molecule has 0 N–H and O–H groups in total. The largest absolute Gasteiger partial charge is 0.295 e. The van der Waals surface area contributed by atoms with Crippen LogP contribution in [0.5, 0.6) is 0 Å². The highest BCUT2D eigenvalue weighted by Gasteiger charge is 2.06. The lowest BCUT2D eigenvalue weighted by Crippen LogP contribution is -2.01. The summed E-state index contributed by atoms with van der Waals surface area (Å²) < 4.78 is 1.89. The fraction of sp³-hybridized carbons (Fsp3) is 0.118. The zero-order chi connectivity index (χ0) is 14.8. The second kappa shape index (κ2) is 5.22. The highest BCUT2D eigenvalue weighted by atomic mass is 16.1. The lowest BCUT2D eigenvalue weighted by atomic mass is 10.1. The van der Waals surface area contributed by atoms with E-state index in [0.717, 1.165) is 16.5 Å². The molecule has 3 rings (SSSR count). The molecule has 21 heavy (non-hydrogen) atoms. The Morgan fingerprint density at radius 2 is 2.00 bits per heavy atom. The van der Waals surface area contributed by atoms with E-state index in [1.165, 1.54) is 0 Å². The molecule has 0 fully saturated rings. The van der Waals surface area contributed by atoms with Crippen molar-refractivity contribution < 1.29 is 4.79 Å². The predicted octanol–water partition coefficient (Wildman–Crippen LogP) is 3.16. The predicted molar refractivity (Wildman–Crippen MR) is 80.0 cm³/mol. The van der Waals surface area contributed by atoms with E-state index in [0.29, 0.717) is 17.7 Å². The van der Waals surface area contributed by atoms with Crippen LogP contribution in [0.1, 0.15) is 28.4 Å². The van der Waals surface area contributed by atoms with Gasteiger partial charge in [0.1, 0.15) is 0 Å². The summed E-state index contributed by atoms with van der Waals surface area (Å²) in [4.78, 5) is 11.4. The molecule has 0 saturated carbocycles.